The van der Waals surface area contributed by atoms with Crippen molar-refractivity contribution in [3.63, 3.8) is 0 Å². The molecule has 1 heterocycles. The molecule has 4 aromatic rings. The van der Waals surface area contributed by atoms with Crippen LogP contribution in [-0.2, 0) is 42.3 Å². The van der Waals surface area contributed by atoms with Gasteiger partial charge in [-0.15, -0.1) is 0 Å². The molecule has 12 heteroatoms. The minimum atomic E-state index is -0.558. The molecule has 0 saturated heterocycles. The average molecular weight is 618 g/mol. The van der Waals surface area contributed by atoms with Gasteiger partial charge >= 0.3 is 12.2 Å². The second kappa shape index (κ2) is 15.5. The van der Waals surface area contributed by atoms with Crippen molar-refractivity contribution >= 4 is 35.7 Å². The van der Waals surface area contributed by atoms with E-state index < -0.39 is 17.8 Å². The van der Waals surface area contributed by atoms with Crippen molar-refractivity contribution in [1.82, 2.24) is 25.6 Å². The summed E-state index contributed by atoms with van der Waals surface area (Å²) in [6.07, 6.45) is -0.954. The van der Waals surface area contributed by atoms with E-state index in [0.29, 0.717) is 38.1 Å². The van der Waals surface area contributed by atoms with Crippen molar-refractivity contribution in [2.45, 2.75) is 59.2 Å². The summed E-state index contributed by atoms with van der Waals surface area (Å²) in [6.45, 7) is 7.19. The SMILES string of the molecule is CC(C)(C)OC(=O)NCc1cccc(CNc2nc(Cl)nc(NCc3cccc(CNC(=O)OCc4ccccc4)c3)n2)c1. The summed E-state index contributed by atoms with van der Waals surface area (Å²) in [5.74, 6) is 0.632. The number of rotatable bonds is 12. The Bertz CT molecular complexity index is 1550. The Morgan fingerprint density at radius 1 is 0.659 bits per heavy atom. The molecule has 3 aromatic carbocycles. The summed E-state index contributed by atoms with van der Waals surface area (Å²) in [4.78, 5) is 36.8. The first kappa shape index (κ1) is 32.0. The van der Waals surface area contributed by atoms with Gasteiger partial charge < -0.3 is 30.7 Å². The van der Waals surface area contributed by atoms with E-state index in [-0.39, 0.29) is 11.9 Å². The lowest BCUT2D eigenvalue weighted by Gasteiger charge is -2.19. The summed E-state index contributed by atoms with van der Waals surface area (Å²) < 4.78 is 10.6. The van der Waals surface area contributed by atoms with Gasteiger partial charge in [-0.1, -0.05) is 78.9 Å². The molecule has 0 saturated carbocycles. The van der Waals surface area contributed by atoms with Crippen molar-refractivity contribution in [3.05, 3.63) is 112 Å². The Kier molecular flexibility index (Phi) is 11.3. The predicted molar refractivity (Wildman–Crippen MR) is 169 cm³/mol. The molecule has 0 fully saturated rings. The number of carbonyl (C=O) groups is 2. The van der Waals surface area contributed by atoms with Crippen LogP contribution in [-0.4, -0.2) is 32.7 Å². The first-order valence-electron chi connectivity index (χ1n) is 14.1. The predicted octanol–water partition coefficient (Wildman–Crippen LogP) is 6.20. The first-order valence-corrected chi connectivity index (χ1v) is 14.5. The number of nitrogens with one attached hydrogen (secondary N) is 4. The zero-order valence-corrected chi connectivity index (χ0v) is 25.6. The molecule has 4 rings (SSSR count). The van der Waals surface area contributed by atoms with Crippen LogP contribution in [0.2, 0.25) is 5.28 Å². The highest BCUT2D eigenvalue weighted by atomic mass is 35.5. The molecule has 0 bridgehead atoms. The van der Waals surface area contributed by atoms with E-state index in [0.717, 1.165) is 27.8 Å². The number of aromatic nitrogens is 3. The maximum absolute atomic E-state index is 12.1. The van der Waals surface area contributed by atoms with E-state index in [1.54, 1.807) is 0 Å². The maximum atomic E-state index is 12.1. The largest absolute Gasteiger partial charge is 0.445 e. The van der Waals surface area contributed by atoms with Gasteiger partial charge in [0, 0.05) is 26.2 Å². The number of nitrogens with zero attached hydrogens (tertiary/aromatic N) is 3. The zero-order valence-electron chi connectivity index (χ0n) is 24.9. The zero-order chi connectivity index (χ0) is 31.4. The molecule has 0 aliphatic rings. The molecule has 0 atom stereocenters. The standard InChI is InChI=1S/C32H36ClN7O4/c1-32(2,3)44-31(42)37-20-26-14-8-12-24(16-26)18-35-29-39-27(33)38-28(40-29)34-17-23-11-7-13-25(15-23)19-36-30(41)43-21-22-9-5-4-6-10-22/h4-16H,17-21H2,1-3H3,(H,36,41)(H,37,42)(H2,34,35,38,39,40). The minimum absolute atomic E-state index is 0.0484. The lowest BCUT2D eigenvalue weighted by Crippen LogP contribution is -2.32. The van der Waals surface area contributed by atoms with Crippen LogP contribution in [0.4, 0.5) is 21.5 Å². The number of anilines is 2. The Balaban J connectivity index is 1.25. The van der Waals surface area contributed by atoms with Crippen LogP contribution >= 0.6 is 11.6 Å². The van der Waals surface area contributed by atoms with Crippen LogP contribution < -0.4 is 21.3 Å². The number of benzene rings is 3. The fourth-order valence-corrected chi connectivity index (χ4v) is 4.17. The molecule has 1 aromatic heterocycles. The van der Waals surface area contributed by atoms with Crippen LogP contribution in [0.25, 0.3) is 0 Å². The van der Waals surface area contributed by atoms with Gasteiger partial charge in [-0.05, 0) is 60.2 Å². The fourth-order valence-electron chi connectivity index (χ4n) is 4.01. The third-order valence-electron chi connectivity index (χ3n) is 5.98. The van der Waals surface area contributed by atoms with Gasteiger partial charge in [0.15, 0.2) is 0 Å². The number of amides is 2. The molecule has 0 spiro atoms. The molecular formula is C32H36ClN7O4. The molecule has 0 unspecified atom stereocenters. The first-order chi connectivity index (χ1) is 21.1. The number of hydrogen-bond acceptors (Lipinski definition) is 9. The normalized spacial score (nSPS) is 10.9. The van der Waals surface area contributed by atoms with Gasteiger partial charge in [0.2, 0.25) is 17.2 Å². The van der Waals surface area contributed by atoms with Crippen LogP contribution in [0.5, 0.6) is 0 Å². The van der Waals surface area contributed by atoms with E-state index in [4.69, 9.17) is 21.1 Å². The van der Waals surface area contributed by atoms with Gasteiger partial charge in [0.05, 0.1) is 0 Å². The third kappa shape index (κ3) is 11.4. The molecule has 0 radical (unpaired) electrons. The number of carbonyl (C=O) groups excluding carboxylic acids is 2. The van der Waals surface area contributed by atoms with Crippen molar-refractivity contribution in [1.29, 1.82) is 0 Å². The second-order valence-electron chi connectivity index (χ2n) is 10.9. The van der Waals surface area contributed by atoms with Crippen LogP contribution in [0, 0.1) is 0 Å². The summed E-state index contributed by atoms with van der Waals surface area (Å²) >= 11 is 6.17. The van der Waals surface area contributed by atoms with Crippen molar-refractivity contribution < 1.29 is 19.1 Å². The molecule has 230 valence electrons. The van der Waals surface area contributed by atoms with E-state index >= 15 is 0 Å². The Morgan fingerprint density at radius 2 is 1.14 bits per heavy atom. The molecule has 2 amide bonds. The number of ether oxygens (including phenoxy) is 2. The number of hydrogen-bond donors (Lipinski definition) is 4. The summed E-state index contributed by atoms with van der Waals surface area (Å²) in [5, 5.41) is 11.9. The Labute approximate surface area is 261 Å². The van der Waals surface area contributed by atoms with Crippen LogP contribution in [0.1, 0.15) is 48.6 Å². The lowest BCUT2D eigenvalue weighted by atomic mass is 10.1. The smallest absolute Gasteiger partial charge is 0.407 e. The number of alkyl carbamates (subject to hydrolysis) is 2. The highest BCUT2D eigenvalue weighted by molar-refractivity contribution is 6.28. The van der Waals surface area contributed by atoms with Crippen LogP contribution in [0.15, 0.2) is 78.9 Å². The molecule has 4 N–H and O–H groups in total. The quantitative estimate of drug-likeness (QED) is 0.146. The maximum Gasteiger partial charge on any atom is 0.407 e. The average Bonchev–Trinajstić information content (AvgIpc) is 3.00. The molecule has 0 aliphatic carbocycles. The second-order valence-corrected chi connectivity index (χ2v) is 11.2. The summed E-state index contributed by atoms with van der Waals surface area (Å²) in [7, 11) is 0. The van der Waals surface area contributed by atoms with Crippen LogP contribution in [0.3, 0.4) is 0 Å². The van der Waals surface area contributed by atoms with E-state index in [1.165, 1.54) is 0 Å². The van der Waals surface area contributed by atoms with Crippen molar-refractivity contribution in [2.75, 3.05) is 10.6 Å². The van der Waals surface area contributed by atoms with Crippen molar-refractivity contribution in [3.8, 4) is 0 Å². The lowest BCUT2D eigenvalue weighted by molar-refractivity contribution is 0.0523. The highest BCUT2D eigenvalue weighted by Crippen LogP contribution is 2.14. The molecule has 0 aliphatic heterocycles. The summed E-state index contributed by atoms with van der Waals surface area (Å²) in [6, 6.07) is 25.0. The summed E-state index contributed by atoms with van der Waals surface area (Å²) in [5.41, 5.74) is 4.13. The monoisotopic (exact) mass is 617 g/mol. The van der Waals surface area contributed by atoms with E-state index in [1.807, 2.05) is 99.6 Å². The van der Waals surface area contributed by atoms with E-state index in [9.17, 15) is 9.59 Å². The van der Waals surface area contributed by atoms with Gasteiger partial charge in [0.25, 0.3) is 0 Å². The van der Waals surface area contributed by atoms with Gasteiger partial charge in [-0.2, -0.15) is 15.0 Å². The number of halogens is 1. The third-order valence-corrected chi connectivity index (χ3v) is 6.15. The minimum Gasteiger partial charge on any atom is -0.445 e. The van der Waals surface area contributed by atoms with Crippen molar-refractivity contribution in [2.24, 2.45) is 0 Å². The molecule has 11 nitrogen and oxygen atoms in total. The van der Waals surface area contributed by atoms with Gasteiger partial charge in [-0.25, -0.2) is 9.59 Å². The molecule has 44 heavy (non-hydrogen) atoms. The topological polar surface area (TPSA) is 139 Å². The van der Waals surface area contributed by atoms with Gasteiger partial charge in [-0.3, -0.25) is 0 Å². The molecular weight excluding hydrogens is 582 g/mol. The van der Waals surface area contributed by atoms with E-state index in [2.05, 4.69) is 36.2 Å². The highest BCUT2D eigenvalue weighted by Gasteiger charge is 2.15. The fraction of sp³-hybridized carbons (Fsp3) is 0.281. The Morgan fingerprint density at radius 3 is 1.66 bits per heavy atom. The van der Waals surface area contributed by atoms with Gasteiger partial charge in [0.1, 0.15) is 12.2 Å². The Hall–Kier alpha value is -4.90.